The summed E-state index contributed by atoms with van der Waals surface area (Å²) < 4.78 is 0. The van der Waals surface area contributed by atoms with Gasteiger partial charge < -0.3 is 31.3 Å². The number of amides is 1. The van der Waals surface area contributed by atoms with Gasteiger partial charge >= 0.3 is 0 Å². The molecule has 172 valence electrons. The molecule has 10 nitrogen and oxygen atoms in total. The molecule has 0 heterocycles. The average Bonchev–Trinajstić information content (AvgIpc) is 2.70. The van der Waals surface area contributed by atoms with Crippen molar-refractivity contribution < 1.29 is 39.9 Å². The molecule has 4 rings (SSSR count). The number of fused-ring (bicyclic) bond motifs is 3. The van der Waals surface area contributed by atoms with Crippen LogP contribution in [0, 0.1) is 17.8 Å². The van der Waals surface area contributed by atoms with Gasteiger partial charge in [-0.3, -0.25) is 19.3 Å². The maximum atomic E-state index is 13.1. The lowest BCUT2D eigenvalue weighted by molar-refractivity contribution is -0.153. The van der Waals surface area contributed by atoms with Gasteiger partial charge in [-0.2, -0.15) is 0 Å². The monoisotopic (exact) mass is 446 g/mol. The molecule has 7 N–H and O–H groups in total. The van der Waals surface area contributed by atoms with Crippen molar-refractivity contribution in [1.82, 2.24) is 4.90 Å². The second-order valence-electron chi connectivity index (χ2n) is 9.06. The molecule has 0 bridgehead atoms. The maximum absolute atomic E-state index is 13.1. The Morgan fingerprint density at radius 1 is 1.19 bits per heavy atom. The molecule has 10 heteroatoms. The Morgan fingerprint density at radius 3 is 2.38 bits per heavy atom. The van der Waals surface area contributed by atoms with Crippen LogP contribution in [0.15, 0.2) is 45.6 Å². The first-order valence-electron chi connectivity index (χ1n) is 10.3. The number of aliphatic hydroxyl groups is 5. The number of nitrogens with two attached hydrogens (primary N) is 1. The van der Waals surface area contributed by atoms with Gasteiger partial charge in [-0.25, -0.2) is 0 Å². The zero-order valence-corrected chi connectivity index (χ0v) is 17.9. The van der Waals surface area contributed by atoms with Crippen molar-refractivity contribution >= 4 is 17.5 Å². The third kappa shape index (κ3) is 2.54. The predicted octanol–water partition coefficient (Wildman–Crippen LogP) is -0.302. The molecular weight excluding hydrogens is 420 g/mol. The molecule has 1 amide bonds. The Balaban J connectivity index is 2.10. The lowest BCUT2D eigenvalue weighted by Crippen LogP contribution is -2.67. The van der Waals surface area contributed by atoms with Gasteiger partial charge in [0.1, 0.15) is 22.9 Å². The molecule has 4 aliphatic rings. The Morgan fingerprint density at radius 2 is 1.81 bits per heavy atom. The Labute approximate surface area is 183 Å². The van der Waals surface area contributed by atoms with Crippen LogP contribution < -0.4 is 5.73 Å². The average molecular weight is 446 g/mol. The molecule has 0 radical (unpaired) electrons. The molecule has 0 saturated carbocycles. The fraction of sp³-hybridized carbons (Fsp3) is 0.500. The summed E-state index contributed by atoms with van der Waals surface area (Å²) in [5.41, 5.74) is 1.81. The van der Waals surface area contributed by atoms with E-state index in [1.807, 2.05) is 0 Å². The summed E-state index contributed by atoms with van der Waals surface area (Å²) in [5, 5.41) is 56.0. The van der Waals surface area contributed by atoms with E-state index in [-0.39, 0.29) is 23.4 Å². The molecule has 32 heavy (non-hydrogen) atoms. The largest absolute Gasteiger partial charge is 0.508 e. The number of primary amides is 1. The highest BCUT2D eigenvalue weighted by Crippen LogP contribution is 2.56. The van der Waals surface area contributed by atoms with Crippen LogP contribution in [-0.4, -0.2) is 79.7 Å². The van der Waals surface area contributed by atoms with Gasteiger partial charge in [-0.1, -0.05) is 13.0 Å². The number of carbonyl (C=O) groups is 3. The summed E-state index contributed by atoms with van der Waals surface area (Å²) >= 11 is 0. The normalized spacial score (nSPS) is 37.3. The van der Waals surface area contributed by atoms with Crippen LogP contribution in [0.4, 0.5) is 0 Å². The minimum Gasteiger partial charge on any atom is -0.508 e. The van der Waals surface area contributed by atoms with Gasteiger partial charge in [0.2, 0.25) is 0 Å². The van der Waals surface area contributed by atoms with E-state index in [1.165, 1.54) is 19.0 Å². The fourth-order valence-electron chi connectivity index (χ4n) is 5.83. The molecular formula is C22H26N2O8. The van der Waals surface area contributed by atoms with E-state index >= 15 is 0 Å². The number of aliphatic hydroxyl groups excluding tert-OH is 4. The summed E-state index contributed by atoms with van der Waals surface area (Å²) in [5.74, 6) is -8.31. The second-order valence-corrected chi connectivity index (χ2v) is 9.06. The van der Waals surface area contributed by atoms with E-state index in [4.69, 9.17) is 5.73 Å². The van der Waals surface area contributed by atoms with E-state index in [2.05, 4.69) is 0 Å². The van der Waals surface area contributed by atoms with Crippen molar-refractivity contribution in [3.63, 3.8) is 0 Å². The molecule has 0 aromatic carbocycles. The minimum atomic E-state index is -2.79. The molecule has 6 unspecified atom stereocenters. The molecule has 4 aliphatic carbocycles. The van der Waals surface area contributed by atoms with E-state index in [9.17, 15) is 39.9 Å². The van der Waals surface area contributed by atoms with Gasteiger partial charge in [0.15, 0.2) is 17.2 Å². The first-order valence-corrected chi connectivity index (χ1v) is 10.3. The van der Waals surface area contributed by atoms with Crippen molar-refractivity contribution in [2.45, 2.75) is 37.5 Å². The Hall–Kier alpha value is -2.95. The predicted molar refractivity (Wildman–Crippen MR) is 110 cm³/mol. The quantitative estimate of drug-likeness (QED) is 0.310. The number of rotatable bonds is 2. The first kappa shape index (κ1) is 22.3. The lowest BCUT2D eigenvalue weighted by Gasteiger charge is -2.54. The van der Waals surface area contributed by atoms with Crippen LogP contribution in [0.1, 0.15) is 19.8 Å². The van der Waals surface area contributed by atoms with Gasteiger partial charge in [-0.15, -0.1) is 0 Å². The number of ketones is 2. The maximum Gasteiger partial charge on any atom is 0.255 e. The molecule has 0 saturated heterocycles. The summed E-state index contributed by atoms with van der Waals surface area (Å²) in [6.07, 6.45) is 0.853. The number of carbonyl (C=O) groups excluding carboxylic acids is 3. The van der Waals surface area contributed by atoms with Crippen LogP contribution in [0.25, 0.3) is 0 Å². The SMILES string of the molecule is CC1C2=CCCC(=O)C2=C(O)C2=C(O)C3(O)C(O)=C(C(N)=O)C(=O)C(N(C)C)C3C(O)C21. The first-order chi connectivity index (χ1) is 14.9. The van der Waals surface area contributed by atoms with Gasteiger partial charge in [0.05, 0.1) is 23.6 Å². The Bertz CT molecular complexity index is 1080. The molecule has 6 atom stereocenters. The van der Waals surface area contributed by atoms with Crippen LogP contribution >= 0.6 is 0 Å². The highest BCUT2D eigenvalue weighted by Gasteiger charge is 2.66. The number of allylic oxidation sites excluding steroid dienone is 4. The van der Waals surface area contributed by atoms with Crippen molar-refractivity contribution in [2.75, 3.05) is 14.1 Å². The van der Waals surface area contributed by atoms with Gasteiger partial charge in [0, 0.05) is 17.9 Å². The summed E-state index contributed by atoms with van der Waals surface area (Å²) in [4.78, 5) is 38.9. The highest BCUT2D eigenvalue weighted by molar-refractivity contribution is 6.22. The number of hydrogen-bond donors (Lipinski definition) is 6. The zero-order chi connectivity index (χ0) is 23.9. The van der Waals surface area contributed by atoms with Crippen molar-refractivity contribution in [3.8, 4) is 0 Å². The smallest absolute Gasteiger partial charge is 0.255 e. The van der Waals surface area contributed by atoms with Gasteiger partial charge in [-0.05, 0) is 32.0 Å². The van der Waals surface area contributed by atoms with Crippen molar-refractivity contribution in [2.24, 2.45) is 23.5 Å². The molecule has 0 aromatic rings. The van der Waals surface area contributed by atoms with E-state index in [1.54, 1.807) is 13.0 Å². The topological polar surface area (TPSA) is 182 Å². The van der Waals surface area contributed by atoms with Crippen molar-refractivity contribution in [3.05, 3.63) is 45.6 Å². The van der Waals surface area contributed by atoms with Crippen LogP contribution in [0.5, 0.6) is 0 Å². The summed E-state index contributed by atoms with van der Waals surface area (Å²) in [7, 11) is 2.96. The third-order valence-electron chi connectivity index (χ3n) is 7.25. The molecule has 0 aliphatic heterocycles. The minimum absolute atomic E-state index is 0.00885. The van der Waals surface area contributed by atoms with Crippen LogP contribution in [-0.2, 0) is 14.4 Å². The summed E-state index contributed by atoms with van der Waals surface area (Å²) in [6.45, 7) is 1.71. The third-order valence-corrected chi connectivity index (χ3v) is 7.25. The number of hydrogen-bond acceptors (Lipinski definition) is 9. The molecule has 0 aromatic heterocycles. The highest BCUT2D eigenvalue weighted by atomic mass is 16.4. The van der Waals surface area contributed by atoms with Crippen molar-refractivity contribution in [1.29, 1.82) is 0 Å². The van der Waals surface area contributed by atoms with Crippen LogP contribution in [0.2, 0.25) is 0 Å². The zero-order valence-electron chi connectivity index (χ0n) is 17.9. The number of nitrogens with zero attached hydrogens (tertiary/aromatic N) is 1. The van der Waals surface area contributed by atoms with E-state index in [0.29, 0.717) is 12.0 Å². The van der Waals surface area contributed by atoms with Crippen LogP contribution in [0.3, 0.4) is 0 Å². The molecule has 0 fully saturated rings. The van der Waals surface area contributed by atoms with Gasteiger partial charge in [0.25, 0.3) is 5.91 Å². The summed E-state index contributed by atoms with van der Waals surface area (Å²) in [6, 6.07) is -1.32. The fourth-order valence-corrected chi connectivity index (χ4v) is 5.83. The second kappa shape index (κ2) is 7.03. The Kier molecular flexibility index (Phi) is 4.89. The van der Waals surface area contributed by atoms with E-state index < -0.39 is 70.0 Å². The number of Topliss-reactive ketones (excluding diaryl/α,β-unsaturated/α-hetero) is 2. The molecule has 0 spiro atoms. The lowest BCUT2D eigenvalue weighted by atomic mass is 9.55. The standard InChI is InChI=1S/C22H26N2O8/c1-7-8-5-4-6-9(25)11(8)16(26)12-10(7)17(27)14-15(24(2)3)18(28)13(21(23)31)20(30)22(14,32)19(12)29/h5,7,10,14-15,17,26-27,29-30,32H,4,6H2,1-3H3,(H2,23,31). The number of likely N-dealkylation sites (N-methyl/N-ethyl adjacent to an activating group) is 1. The van der Waals surface area contributed by atoms with E-state index in [0.717, 1.165) is 0 Å².